The fourth-order valence-electron chi connectivity index (χ4n) is 3.35. The lowest BCUT2D eigenvalue weighted by Gasteiger charge is -2.25. The summed E-state index contributed by atoms with van der Waals surface area (Å²) in [5, 5.41) is 0. The number of benzene rings is 1. The van der Waals surface area contributed by atoms with Crippen molar-refractivity contribution in [2.24, 2.45) is 0 Å². The number of carbonyl (C=O) groups excluding carboxylic acids is 1. The van der Waals surface area contributed by atoms with Gasteiger partial charge in [0.05, 0.1) is 18.4 Å². The summed E-state index contributed by atoms with van der Waals surface area (Å²) >= 11 is 0. The minimum absolute atomic E-state index is 0.126. The van der Waals surface area contributed by atoms with Crippen LogP contribution in [-0.2, 0) is 0 Å². The highest BCUT2D eigenvalue weighted by Crippen LogP contribution is 2.30. The second-order valence-corrected chi connectivity index (χ2v) is 6.48. The van der Waals surface area contributed by atoms with Crippen molar-refractivity contribution in [3.8, 4) is 17.0 Å². The predicted molar refractivity (Wildman–Crippen MR) is 97.7 cm³/mol. The molecule has 0 atom stereocenters. The van der Waals surface area contributed by atoms with Gasteiger partial charge in [-0.1, -0.05) is 31.4 Å². The van der Waals surface area contributed by atoms with Crippen LogP contribution in [0.15, 0.2) is 30.6 Å². The first-order valence-corrected chi connectivity index (χ1v) is 8.96. The molecule has 0 spiro atoms. The average molecular weight is 339 g/mol. The third kappa shape index (κ3) is 3.98. The van der Waals surface area contributed by atoms with Crippen LogP contribution in [0.25, 0.3) is 11.1 Å². The van der Waals surface area contributed by atoms with E-state index in [0.29, 0.717) is 5.88 Å². The Hall–Kier alpha value is -2.43. The van der Waals surface area contributed by atoms with Crippen LogP contribution in [0.4, 0.5) is 0 Å². The van der Waals surface area contributed by atoms with Gasteiger partial charge in [-0.15, -0.1) is 0 Å². The number of aromatic nitrogens is 2. The van der Waals surface area contributed by atoms with Crippen LogP contribution in [0.5, 0.6) is 5.88 Å². The molecule has 1 aromatic heterocycles. The number of likely N-dealkylation sites (tertiary alicyclic amines) is 1. The number of hydrogen-bond donors (Lipinski definition) is 0. The normalized spacial score (nSPS) is 15.4. The van der Waals surface area contributed by atoms with Gasteiger partial charge >= 0.3 is 0 Å². The fraction of sp³-hybridized carbons (Fsp3) is 0.450. The molecule has 0 aliphatic carbocycles. The number of ether oxygens (including phenoxy) is 1. The van der Waals surface area contributed by atoms with Crippen LogP contribution < -0.4 is 4.74 Å². The molecule has 5 nitrogen and oxygen atoms in total. The summed E-state index contributed by atoms with van der Waals surface area (Å²) < 4.78 is 5.35. The summed E-state index contributed by atoms with van der Waals surface area (Å²) in [6.45, 7) is 3.65. The molecule has 1 aliphatic heterocycles. The first kappa shape index (κ1) is 17.4. The highest BCUT2D eigenvalue weighted by molar-refractivity contribution is 5.94. The molecule has 0 N–H and O–H groups in total. The maximum absolute atomic E-state index is 12.8. The number of carbonyl (C=O) groups is 1. The van der Waals surface area contributed by atoms with E-state index in [4.69, 9.17) is 4.74 Å². The van der Waals surface area contributed by atoms with Crippen molar-refractivity contribution in [2.75, 3.05) is 20.2 Å². The van der Waals surface area contributed by atoms with Gasteiger partial charge in [0.25, 0.3) is 5.91 Å². The monoisotopic (exact) mass is 339 g/mol. The molecule has 2 heterocycles. The van der Waals surface area contributed by atoms with Gasteiger partial charge in [-0.2, -0.15) is 0 Å². The summed E-state index contributed by atoms with van der Waals surface area (Å²) in [5.74, 6) is 0.678. The minimum atomic E-state index is 0.126. The Morgan fingerprint density at radius 1 is 1.00 bits per heavy atom. The second-order valence-electron chi connectivity index (χ2n) is 6.48. The van der Waals surface area contributed by atoms with Crippen LogP contribution in [0.1, 0.15) is 48.2 Å². The molecule has 1 fully saturated rings. The van der Waals surface area contributed by atoms with Crippen molar-refractivity contribution in [2.45, 2.75) is 39.0 Å². The van der Waals surface area contributed by atoms with Crippen LogP contribution in [-0.4, -0.2) is 41.0 Å². The molecule has 1 aromatic carbocycles. The largest absolute Gasteiger partial charge is 0.480 e. The third-order valence-corrected chi connectivity index (χ3v) is 4.76. The Morgan fingerprint density at radius 3 is 2.28 bits per heavy atom. The highest BCUT2D eigenvalue weighted by atomic mass is 16.5. The Morgan fingerprint density at radius 2 is 1.64 bits per heavy atom. The summed E-state index contributed by atoms with van der Waals surface area (Å²) in [6, 6.07) is 7.68. The maximum Gasteiger partial charge on any atom is 0.253 e. The molecule has 1 amide bonds. The highest BCUT2D eigenvalue weighted by Gasteiger charge is 2.17. The van der Waals surface area contributed by atoms with E-state index in [9.17, 15) is 4.79 Å². The van der Waals surface area contributed by atoms with Gasteiger partial charge in [0.1, 0.15) is 6.33 Å². The van der Waals surface area contributed by atoms with Gasteiger partial charge < -0.3 is 9.64 Å². The van der Waals surface area contributed by atoms with Gasteiger partial charge in [0.15, 0.2) is 0 Å². The first-order valence-electron chi connectivity index (χ1n) is 8.96. The van der Waals surface area contributed by atoms with Gasteiger partial charge in [0.2, 0.25) is 5.88 Å². The molecule has 1 aliphatic rings. The lowest BCUT2D eigenvalue weighted by Crippen LogP contribution is -2.33. The van der Waals surface area contributed by atoms with E-state index in [-0.39, 0.29) is 5.91 Å². The molecule has 0 saturated carbocycles. The van der Waals surface area contributed by atoms with Crippen molar-refractivity contribution in [1.82, 2.24) is 14.9 Å². The smallest absolute Gasteiger partial charge is 0.253 e. The molecule has 1 saturated heterocycles. The minimum Gasteiger partial charge on any atom is -0.480 e. The Labute approximate surface area is 149 Å². The Balaban J connectivity index is 1.81. The molecule has 2 aromatic rings. The first-order chi connectivity index (χ1) is 12.2. The van der Waals surface area contributed by atoms with E-state index in [1.807, 2.05) is 36.1 Å². The third-order valence-electron chi connectivity index (χ3n) is 4.76. The topological polar surface area (TPSA) is 55.3 Å². The van der Waals surface area contributed by atoms with Crippen molar-refractivity contribution >= 4 is 5.91 Å². The Kier molecular flexibility index (Phi) is 5.64. The fourth-order valence-corrected chi connectivity index (χ4v) is 3.35. The molecule has 3 rings (SSSR count). The van der Waals surface area contributed by atoms with E-state index in [0.717, 1.165) is 48.3 Å². The number of nitrogens with zero attached hydrogens (tertiary/aromatic N) is 3. The van der Waals surface area contributed by atoms with Gasteiger partial charge in [-0.3, -0.25) is 4.79 Å². The van der Waals surface area contributed by atoms with Crippen LogP contribution in [0.2, 0.25) is 0 Å². The molecule has 132 valence electrons. The van der Waals surface area contributed by atoms with Gasteiger partial charge in [0, 0.05) is 18.7 Å². The number of aryl methyl sites for hydroxylation is 1. The summed E-state index contributed by atoms with van der Waals surface area (Å²) in [7, 11) is 1.60. The van der Waals surface area contributed by atoms with Crippen LogP contribution in [0, 0.1) is 6.92 Å². The Bertz CT molecular complexity index is 720. The van der Waals surface area contributed by atoms with E-state index in [1.165, 1.54) is 25.6 Å². The van der Waals surface area contributed by atoms with Crippen LogP contribution in [0.3, 0.4) is 0 Å². The molecule has 0 bridgehead atoms. The second kappa shape index (κ2) is 8.10. The van der Waals surface area contributed by atoms with Crippen LogP contribution >= 0.6 is 0 Å². The van der Waals surface area contributed by atoms with Crippen molar-refractivity contribution in [3.05, 3.63) is 41.9 Å². The number of amides is 1. The molecule has 5 heteroatoms. The summed E-state index contributed by atoms with van der Waals surface area (Å²) in [6.07, 6.45) is 7.42. The lowest BCUT2D eigenvalue weighted by atomic mass is 10.0. The van der Waals surface area contributed by atoms with E-state index in [2.05, 4.69) is 9.97 Å². The summed E-state index contributed by atoms with van der Waals surface area (Å²) in [4.78, 5) is 23.2. The number of hydrogen-bond acceptors (Lipinski definition) is 4. The SMILES string of the molecule is COc1ncnc(C)c1-c1ccc(C(=O)N2CCCCCCC2)cc1. The van der Waals surface area contributed by atoms with Crippen molar-refractivity contribution in [1.29, 1.82) is 0 Å². The van der Waals surface area contributed by atoms with Crippen molar-refractivity contribution < 1.29 is 9.53 Å². The molecular formula is C20H25N3O2. The zero-order chi connectivity index (χ0) is 17.6. The molecule has 0 radical (unpaired) electrons. The zero-order valence-corrected chi connectivity index (χ0v) is 15.0. The van der Waals surface area contributed by atoms with E-state index >= 15 is 0 Å². The summed E-state index contributed by atoms with van der Waals surface area (Å²) in [5.41, 5.74) is 3.42. The molecular weight excluding hydrogens is 314 g/mol. The maximum atomic E-state index is 12.8. The standard InChI is InChI=1S/C20H25N3O2/c1-15-18(19(25-2)22-14-21-15)16-8-10-17(11-9-16)20(24)23-12-6-4-3-5-7-13-23/h8-11,14H,3-7,12-13H2,1-2H3. The average Bonchev–Trinajstić information content (AvgIpc) is 2.61. The quantitative estimate of drug-likeness (QED) is 0.852. The van der Waals surface area contributed by atoms with Gasteiger partial charge in [-0.05, 0) is 37.5 Å². The van der Waals surface area contributed by atoms with E-state index < -0.39 is 0 Å². The predicted octanol–water partition coefficient (Wildman–Crippen LogP) is 3.87. The zero-order valence-electron chi connectivity index (χ0n) is 15.0. The van der Waals surface area contributed by atoms with E-state index in [1.54, 1.807) is 7.11 Å². The number of methoxy groups -OCH3 is 1. The van der Waals surface area contributed by atoms with Gasteiger partial charge in [-0.25, -0.2) is 9.97 Å². The van der Waals surface area contributed by atoms with Crippen molar-refractivity contribution in [3.63, 3.8) is 0 Å². The molecule has 25 heavy (non-hydrogen) atoms. The lowest BCUT2D eigenvalue weighted by molar-refractivity contribution is 0.0742. The number of rotatable bonds is 3. The molecule has 0 unspecified atom stereocenters.